The molecule has 4 rings (SSSR count). The lowest BCUT2D eigenvalue weighted by atomic mass is 10.2. The lowest BCUT2D eigenvalue weighted by Gasteiger charge is -2.06. The minimum atomic E-state index is -0.502. The number of hydrogen-bond acceptors (Lipinski definition) is 5. The second-order valence-corrected chi connectivity index (χ2v) is 8.15. The molecule has 32 heavy (non-hydrogen) atoms. The highest BCUT2D eigenvalue weighted by Gasteiger charge is 2.11. The molecule has 0 bridgehead atoms. The summed E-state index contributed by atoms with van der Waals surface area (Å²) in [5.41, 5.74) is 7.66. The van der Waals surface area contributed by atoms with Crippen LogP contribution in [0.1, 0.15) is 11.1 Å². The maximum atomic E-state index is 10.5. The van der Waals surface area contributed by atoms with Gasteiger partial charge < -0.3 is 5.73 Å². The monoisotopic (exact) mass is 512 g/mol. The van der Waals surface area contributed by atoms with Crippen molar-refractivity contribution >= 4 is 57.8 Å². The number of nitro groups is 1. The Morgan fingerprint density at radius 2 is 1.25 bits per heavy atom. The van der Waals surface area contributed by atoms with Gasteiger partial charge in [-0.2, -0.15) is 10.2 Å². The van der Waals surface area contributed by atoms with E-state index in [9.17, 15) is 10.1 Å². The molecule has 0 unspecified atom stereocenters. The minimum absolute atomic E-state index is 0.0619. The Balaban J connectivity index is 0.000000182. The second kappa shape index (κ2) is 10.7. The number of anilines is 1. The highest BCUT2D eigenvalue weighted by molar-refractivity contribution is 6.36. The molecule has 0 aliphatic carbocycles. The number of nitrogens with zero attached hydrogens (tertiary/aromatic N) is 5. The van der Waals surface area contributed by atoms with E-state index in [1.165, 1.54) is 17.1 Å². The van der Waals surface area contributed by atoms with Gasteiger partial charge in [0.2, 0.25) is 0 Å². The van der Waals surface area contributed by atoms with Crippen LogP contribution >= 0.6 is 46.4 Å². The Hall–Kier alpha value is -2.78. The van der Waals surface area contributed by atoms with Crippen molar-refractivity contribution in [2.24, 2.45) is 0 Å². The Morgan fingerprint density at radius 1 is 0.812 bits per heavy atom. The Bertz CT molecular complexity index is 1200. The quantitative estimate of drug-likeness (QED) is 0.261. The lowest BCUT2D eigenvalue weighted by molar-refractivity contribution is -0.385. The predicted molar refractivity (Wildman–Crippen MR) is 127 cm³/mol. The van der Waals surface area contributed by atoms with Crippen molar-refractivity contribution in [3.8, 4) is 0 Å². The van der Waals surface area contributed by atoms with Gasteiger partial charge in [-0.25, -0.2) is 0 Å². The molecule has 12 heteroatoms. The molecule has 2 aromatic carbocycles. The van der Waals surface area contributed by atoms with Crippen LogP contribution in [0.25, 0.3) is 0 Å². The van der Waals surface area contributed by atoms with E-state index in [0.29, 0.717) is 44.4 Å². The summed E-state index contributed by atoms with van der Waals surface area (Å²) in [4.78, 5) is 10.00. The number of aromatic nitrogens is 4. The van der Waals surface area contributed by atoms with Gasteiger partial charge in [-0.3, -0.25) is 19.5 Å². The zero-order chi connectivity index (χ0) is 23.3. The maximum Gasteiger partial charge on any atom is 0.307 e. The van der Waals surface area contributed by atoms with Gasteiger partial charge in [0.05, 0.1) is 29.9 Å². The molecule has 0 fully saturated rings. The van der Waals surface area contributed by atoms with Crippen molar-refractivity contribution in [1.82, 2.24) is 19.6 Å². The molecule has 2 N–H and O–H groups in total. The zero-order valence-corrected chi connectivity index (χ0v) is 19.4. The third-order valence-electron chi connectivity index (χ3n) is 4.25. The standard InChI is InChI=1S/C10H7Cl2N3O2.C10H9Cl2N3/c11-9-2-1-3-10(12)8(9)6-14-5-7(4-13-14)15(16)17;11-9-2-1-3-10(12)8(9)6-15-5-7(13)4-14-15/h1-5H,6H2;1-5H,6,13H2. The molecule has 0 aliphatic heterocycles. The average molecular weight is 514 g/mol. The summed E-state index contributed by atoms with van der Waals surface area (Å²) in [5.74, 6) is 0. The van der Waals surface area contributed by atoms with Gasteiger partial charge >= 0.3 is 5.69 Å². The Labute approximate surface area is 203 Å². The molecule has 0 saturated carbocycles. The van der Waals surface area contributed by atoms with Gasteiger partial charge in [-0.05, 0) is 24.3 Å². The summed E-state index contributed by atoms with van der Waals surface area (Å²) in [6.07, 6.45) is 5.84. The summed E-state index contributed by atoms with van der Waals surface area (Å²) in [7, 11) is 0. The van der Waals surface area contributed by atoms with Crippen LogP contribution in [0.3, 0.4) is 0 Å². The van der Waals surface area contributed by atoms with E-state index in [1.807, 2.05) is 6.07 Å². The van der Waals surface area contributed by atoms with Crippen molar-refractivity contribution in [2.75, 3.05) is 5.73 Å². The first-order valence-electron chi connectivity index (χ1n) is 9.05. The number of hydrogen-bond donors (Lipinski definition) is 1. The van der Waals surface area contributed by atoms with Crippen LogP contribution in [0.4, 0.5) is 11.4 Å². The van der Waals surface area contributed by atoms with Crippen molar-refractivity contribution in [3.63, 3.8) is 0 Å². The summed E-state index contributed by atoms with van der Waals surface area (Å²) < 4.78 is 3.12. The van der Waals surface area contributed by atoms with E-state index < -0.39 is 4.92 Å². The van der Waals surface area contributed by atoms with Crippen LogP contribution in [0.5, 0.6) is 0 Å². The van der Waals surface area contributed by atoms with Crippen molar-refractivity contribution in [3.05, 3.63) is 103 Å². The van der Waals surface area contributed by atoms with Gasteiger partial charge in [0.1, 0.15) is 12.4 Å². The summed E-state index contributed by atoms with van der Waals surface area (Å²) in [5, 5.41) is 20.7. The van der Waals surface area contributed by atoms with Gasteiger partial charge in [0, 0.05) is 37.4 Å². The van der Waals surface area contributed by atoms with Gasteiger partial charge in [-0.15, -0.1) is 0 Å². The summed E-state index contributed by atoms with van der Waals surface area (Å²) >= 11 is 24.0. The van der Waals surface area contributed by atoms with E-state index >= 15 is 0 Å². The SMILES string of the molecule is Nc1cnn(Cc2c(Cl)cccc2Cl)c1.O=[N+]([O-])c1cnn(Cc2c(Cl)cccc2Cl)c1. The molecular weight excluding hydrogens is 498 g/mol. The van der Waals surface area contributed by atoms with E-state index in [4.69, 9.17) is 52.1 Å². The third-order valence-corrected chi connectivity index (χ3v) is 5.66. The molecule has 166 valence electrons. The number of nitrogens with two attached hydrogens (primary N) is 1. The molecule has 8 nitrogen and oxygen atoms in total. The van der Waals surface area contributed by atoms with Crippen molar-refractivity contribution in [1.29, 1.82) is 0 Å². The van der Waals surface area contributed by atoms with Gasteiger partial charge in [-0.1, -0.05) is 58.5 Å². The fraction of sp³-hybridized carbons (Fsp3) is 0.100. The van der Waals surface area contributed by atoms with Crippen LogP contribution in [0, 0.1) is 10.1 Å². The topological polar surface area (TPSA) is 105 Å². The first-order valence-corrected chi connectivity index (χ1v) is 10.6. The molecule has 0 spiro atoms. The van der Waals surface area contributed by atoms with E-state index in [2.05, 4.69) is 10.2 Å². The van der Waals surface area contributed by atoms with Gasteiger partial charge in [0.25, 0.3) is 0 Å². The normalized spacial score (nSPS) is 10.5. The molecule has 0 amide bonds. The number of benzene rings is 2. The Morgan fingerprint density at radius 3 is 1.62 bits per heavy atom. The molecule has 0 atom stereocenters. The smallest absolute Gasteiger partial charge is 0.307 e. The lowest BCUT2D eigenvalue weighted by Crippen LogP contribution is -2.01. The number of rotatable bonds is 5. The van der Waals surface area contributed by atoms with Crippen molar-refractivity contribution < 1.29 is 4.92 Å². The van der Waals surface area contributed by atoms with Crippen LogP contribution in [-0.4, -0.2) is 24.5 Å². The molecule has 2 heterocycles. The van der Waals surface area contributed by atoms with Crippen LogP contribution in [0.2, 0.25) is 20.1 Å². The molecule has 4 aromatic rings. The maximum absolute atomic E-state index is 10.5. The van der Waals surface area contributed by atoms with Gasteiger partial charge in [0.15, 0.2) is 0 Å². The van der Waals surface area contributed by atoms with Crippen LogP contribution in [0.15, 0.2) is 61.2 Å². The third kappa shape index (κ3) is 6.14. The molecule has 0 radical (unpaired) electrons. The van der Waals surface area contributed by atoms with Crippen molar-refractivity contribution in [2.45, 2.75) is 13.1 Å². The second-order valence-electron chi connectivity index (χ2n) is 6.52. The first-order chi connectivity index (χ1) is 15.2. The van der Waals surface area contributed by atoms with E-state index in [1.54, 1.807) is 47.4 Å². The largest absolute Gasteiger partial charge is 0.396 e. The minimum Gasteiger partial charge on any atom is -0.396 e. The fourth-order valence-corrected chi connectivity index (χ4v) is 3.72. The highest BCUT2D eigenvalue weighted by Crippen LogP contribution is 2.26. The summed E-state index contributed by atoms with van der Waals surface area (Å²) in [6, 6.07) is 10.6. The highest BCUT2D eigenvalue weighted by atomic mass is 35.5. The van der Waals surface area contributed by atoms with E-state index in [0.717, 1.165) is 5.56 Å². The van der Waals surface area contributed by atoms with Crippen LogP contribution < -0.4 is 5.73 Å². The fourth-order valence-electron chi connectivity index (χ4n) is 2.69. The van der Waals surface area contributed by atoms with E-state index in [-0.39, 0.29) is 5.69 Å². The van der Waals surface area contributed by atoms with Crippen LogP contribution in [-0.2, 0) is 13.1 Å². The number of nitrogen functional groups attached to an aromatic ring is 1. The molecule has 0 aliphatic rings. The summed E-state index contributed by atoms with van der Waals surface area (Å²) in [6.45, 7) is 0.821. The zero-order valence-electron chi connectivity index (χ0n) is 16.3. The molecule has 2 aromatic heterocycles. The Kier molecular flexibility index (Phi) is 7.98. The molecule has 0 saturated heterocycles. The average Bonchev–Trinajstić information content (AvgIpc) is 3.37. The predicted octanol–water partition coefficient (Wildman–Crippen LogP) is 5.97. The first kappa shape index (κ1) is 23.9. The molecular formula is C20H16Cl4N6O2. The number of halogens is 4.